The van der Waals surface area contributed by atoms with E-state index in [4.69, 9.17) is 9.47 Å². The van der Waals surface area contributed by atoms with Gasteiger partial charge >= 0.3 is 0 Å². The number of hydrogen-bond acceptors (Lipinski definition) is 4. The highest BCUT2D eigenvalue weighted by Gasteiger charge is 2.12. The number of benzene rings is 1. The number of nitrogens with zero attached hydrogens (tertiary/aromatic N) is 1. The molecule has 0 aromatic heterocycles. The van der Waals surface area contributed by atoms with Gasteiger partial charge in [-0.2, -0.15) is 0 Å². The molecule has 1 N–H and O–H groups in total. The van der Waals surface area contributed by atoms with Gasteiger partial charge in [0.2, 0.25) is 0 Å². The summed E-state index contributed by atoms with van der Waals surface area (Å²) in [6.45, 7) is 4.79. The maximum Gasteiger partial charge on any atom is 0.124 e. The predicted molar refractivity (Wildman–Crippen MR) is 68.8 cm³/mol. The average molecular weight is 236 g/mol. The van der Waals surface area contributed by atoms with Crippen LogP contribution in [-0.4, -0.2) is 40.4 Å². The van der Waals surface area contributed by atoms with Crippen LogP contribution < -0.4 is 15.0 Å². The molecule has 0 bridgehead atoms. The summed E-state index contributed by atoms with van der Waals surface area (Å²) in [7, 11) is 3.40. The monoisotopic (exact) mass is 236 g/mol. The van der Waals surface area contributed by atoms with Crippen molar-refractivity contribution in [3.63, 3.8) is 0 Å². The highest BCUT2D eigenvalue weighted by Crippen LogP contribution is 2.25. The third-order valence-electron chi connectivity index (χ3n) is 3.05. The van der Waals surface area contributed by atoms with Gasteiger partial charge in [0.05, 0.1) is 13.7 Å². The first-order valence-electron chi connectivity index (χ1n) is 5.96. The highest BCUT2D eigenvalue weighted by atomic mass is 16.5. The first kappa shape index (κ1) is 12.2. The first-order chi connectivity index (χ1) is 8.35. The normalized spacial score (nSPS) is 16.0. The van der Waals surface area contributed by atoms with Crippen molar-refractivity contribution in [2.45, 2.75) is 6.61 Å². The van der Waals surface area contributed by atoms with Gasteiger partial charge < -0.3 is 19.7 Å². The topological polar surface area (TPSA) is 33.7 Å². The molecule has 1 aromatic rings. The van der Waals surface area contributed by atoms with Gasteiger partial charge in [-0.05, 0) is 18.2 Å². The molecule has 1 aliphatic rings. The Balaban J connectivity index is 2.19. The van der Waals surface area contributed by atoms with E-state index in [1.54, 1.807) is 14.2 Å². The molecule has 2 rings (SSSR count). The maximum absolute atomic E-state index is 5.33. The SMILES string of the molecule is COCc1cc(N2CCNCC2)ccc1OC. The molecule has 0 unspecified atom stereocenters. The van der Waals surface area contributed by atoms with Crippen LogP contribution in [0.15, 0.2) is 18.2 Å². The highest BCUT2D eigenvalue weighted by molar-refractivity contribution is 5.53. The minimum absolute atomic E-state index is 0.586. The van der Waals surface area contributed by atoms with Gasteiger partial charge in [-0.3, -0.25) is 0 Å². The molecule has 0 radical (unpaired) electrons. The van der Waals surface area contributed by atoms with E-state index in [0.29, 0.717) is 6.61 Å². The Kier molecular flexibility index (Phi) is 4.23. The van der Waals surface area contributed by atoms with Crippen molar-refractivity contribution in [3.8, 4) is 5.75 Å². The Bertz CT molecular complexity index is 362. The number of methoxy groups -OCH3 is 2. The molecule has 94 valence electrons. The molecule has 1 aliphatic heterocycles. The lowest BCUT2D eigenvalue weighted by molar-refractivity contribution is 0.181. The number of nitrogens with one attached hydrogen (secondary N) is 1. The number of ether oxygens (including phenoxy) is 2. The van der Waals surface area contributed by atoms with Gasteiger partial charge in [0.1, 0.15) is 5.75 Å². The molecule has 1 aromatic carbocycles. The second-order valence-electron chi connectivity index (χ2n) is 4.17. The lowest BCUT2D eigenvalue weighted by atomic mass is 10.1. The fourth-order valence-corrected chi connectivity index (χ4v) is 2.15. The van der Waals surface area contributed by atoms with Crippen LogP contribution in [0.1, 0.15) is 5.56 Å². The Morgan fingerprint density at radius 2 is 2.00 bits per heavy atom. The Hall–Kier alpha value is -1.26. The third kappa shape index (κ3) is 2.90. The molecule has 0 amide bonds. The van der Waals surface area contributed by atoms with Crippen LogP contribution in [0.2, 0.25) is 0 Å². The van der Waals surface area contributed by atoms with Crippen LogP contribution in [-0.2, 0) is 11.3 Å². The van der Waals surface area contributed by atoms with Gasteiger partial charge in [-0.1, -0.05) is 0 Å². The number of anilines is 1. The molecule has 4 nitrogen and oxygen atoms in total. The predicted octanol–water partition coefficient (Wildman–Crippen LogP) is 1.25. The number of hydrogen-bond donors (Lipinski definition) is 1. The summed E-state index contributed by atoms with van der Waals surface area (Å²) in [6, 6.07) is 6.29. The largest absolute Gasteiger partial charge is 0.496 e. The van der Waals surface area contributed by atoms with Crippen LogP contribution in [0, 0.1) is 0 Å². The van der Waals surface area contributed by atoms with Crippen molar-refractivity contribution < 1.29 is 9.47 Å². The molecule has 1 fully saturated rings. The van der Waals surface area contributed by atoms with Crippen LogP contribution in [0.3, 0.4) is 0 Å². The lowest BCUT2D eigenvalue weighted by Gasteiger charge is -2.30. The maximum atomic E-state index is 5.33. The van der Waals surface area contributed by atoms with Crippen molar-refractivity contribution in [1.29, 1.82) is 0 Å². The smallest absolute Gasteiger partial charge is 0.124 e. The van der Waals surface area contributed by atoms with E-state index >= 15 is 0 Å². The van der Waals surface area contributed by atoms with Gasteiger partial charge in [-0.25, -0.2) is 0 Å². The minimum Gasteiger partial charge on any atom is -0.496 e. The van der Waals surface area contributed by atoms with Crippen molar-refractivity contribution in [2.75, 3.05) is 45.3 Å². The van der Waals surface area contributed by atoms with E-state index in [1.807, 2.05) is 6.07 Å². The number of piperazine rings is 1. The van der Waals surface area contributed by atoms with E-state index < -0.39 is 0 Å². The fraction of sp³-hybridized carbons (Fsp3) is 0.538. The second kappa shape index (κ2) is 5.89. The zero-order chi connectivity index (χ0) is 12.1. The summed E-state index contributed by atoms with van der Waals surface area (Å²) < 4.78 is 10.5. The van der Waals surface area contributed by atoms with Crippen LogP contribution in [0.25, 0.3) is 0 Å². The Morgan fingerprint density at radius 1 is 1.24 bits per heavy atom. The van der Waals surface area contributed by atoms with Crippen LogP contribution in [0.4, 0.5) is 5.69 Å². The summed E-state index contributed by atoms with van der Waals surface area (Å²) in [5.74, 6) is 0.894. The third-order valence-corrected chi connectivity index (χ3v) is 3.05. The van der Waals surface area contributed by atoms with E-state index in [9.17, 15) is 0 Å². The van der Waals surface area contributed by atoms with Crippen molar-refractivity contribution in [3.05, 3.63) is 23.8 Å². The minimum atomic E-state index is 0.586. The fourth-order valence-electron chi connectivity index (χ4n) is 2.15. The summed E-state index contributed by atoms with van der Waals surface area (Å²) in [6.07, 6.45) is 0. The molecular formula is C13H20N2O2. The zero-order valence-electron chi connectivity index (χ0n) is 10.5. The summed E-state index contributed by atoms with van der Waals surface area (Å²) >= 11 is 0. The first-order valence-corrected chi connectivity index (χ1v) is 5.96. The zero-order valence-corrected chi connectivity index (χ0v) is 10.5. The Morgan fingerprint density at radius 3 is 2.65 bits per heavy atom. The molecule has 17 heavy (non-hydrogen) atoms. The molecule has 4 heteroatoms. The van der Waals surface area contributed by atoms with Crippen molar-refractivity contribution >= 4 is 5.69 Å². The molecule has 1 heterocycles. The van der Waals surface area contributed by atoms with Crippen molar-refractivity contribution in [2.24, 2.45) is 0 Å². The molecule has 0 aliphatic carbocycles. The van der Waals surface area contributed by atoms with Gasteiger partial charge in [-0.15, -0.1) is 0 Å². The standard InChI is InChI=1S/C13H20N2O2/c1-16-10-11-9-12(3-4-13(11)17-2)15-7-5-14-6-8-15/h3-4,9,14H,5-8,10H2,1-2H3. The second-order valence-corrected chi connectivity index (χ2v) is 4.17. The van der Waals surface area contributed by atoms with E-state index in [-0.39, 0.29) is 0 Å². The summed E-state index contributed by atoms with van der Waals surface area (Å²) in [5, 5.41) is 3.36. The molecular weight excluding hydrogens is 216 g/mol. The van der Waals surface area contributed by atoms with Gasteiger partial charge in [0, 0.05) is 44.5 Å². The molecule has 0 atom stereocenters. The van der Waals surface area contributed by atoms with Crippen molar-refractivity contribution in [1.82, 2.24) is 5.32 Å². The number of rotatable bonds is 4. The summed E-state index contributed by atoms with van der Waals surface area (Å²) in [4.78, 5) is 2.38. The Labute approximate surface area is 103 Å². The van der Waals surface area contributed by atoms with Gasteiger partial charge in [0.25, 0.3) is 0 Å². The molecule has 0 saturated carbocycles. The molecule has 0 spiro atoms. The van der Waals surface area contributed by atoms with Crippen LogP contribution >= 0.6 is 0 Å². The van der Waals surface area contributed by atoms with E-state index in [1.165, 1.54) is 5.69 Å². The van der Waals surface area contributed by atoms with E-state index in [2.05, 4.69) is 22.3 Å². The average Bonchev–Trinajstić information content (AvgIpc) is 2.40. The van der Waals surface area contributed by atoms with Gasteiger partial charge in [0.15, 0.2) is 0 Å². The summed E-state index contributed by atoms with van der Waals surface area (Å²) in [5.41, 5.74) is 2.35. The quantitative estimate of drug-likeness (QED) is 0.853. The van der Waals surface area contributed by atoms with E-state index in [0.717, 1.165) is 37.5 Å². The van der Waals surface area contributed by atoms with Crippen LogP contribution in [0.5, 0.6) is 5.75 Å². The lowest BCUT2D eigenvalue weighted by Crippen LogP contribution is -2.43. The molecule has 1 saturated heterocycles.